The number of aromatic hydroxyl groups is 1. The van der Waals surface area contributed by atoms with Gasteiger partial charge in [0.05, 0.1) is 23.9 Å². The normalized spacial score (nSPS) is 10.7. The van der Waals surface area contributed by atoms with Gasteiger partial charge in [0.1, 0.15) is 5.82 Å². The highest BCUT2D eigenvalue weighted by Crippen LogP contribution is 2.32. The SMILES string of the molecule is C=NCc1ccc(-c2cnn(-c3ccc(C(=O)NCCCOC)cn3)c2O)c(F)c1. The second-order valence-corrected chi connectivity index (χ2v) is 6.50. The van der Waals surface area contributed by atoms with Crippen molar-refractivity contribution in [3.63, 3.8) is 0 Å². The summed E-state index contributed by atoms with van der Waals surface area (Å²) in [5.74, 6) is -0.721. The molecule has 0 unspecified atom stereocenters. The Morgan fingerprint density at radius 3 is 2.80 bits per heavy atom. The molecule has 1 aromatic carbocycles. The molecule has 156 valence electrons. The number of aliphatic imine (C=N–C) groups is 1. The third kappa shape index (κ3) is 4.69. The fourth-order valence-corrected chi connectivity index (χ4v) is 2.87. The van der Waals surface area contributed by atoms with E-state index in [2.05, 4.69) is 27.1 Å². The Morgan fingerprint density at radius 2 is 2.13 bits per heavy atom. The molecule has 2 N–H and O–H groups in total. The molecular weight excluding hydrogens is 389 g/mol. The van der Waals surface area contributed by atoms with Crippen molar-refractivity contribution in [2.75, 3.05) is 20.3 Å². The quantitative estimate of drug-likeness (QED) is 0.416. The Hall–Kier alpha value is -3.59. The van der Waals surface area contributed by atoms with Gasteiger partial charge in [0.25, 0.3) is 5.91 Å². The first-order chi connectivity index (χ1) is 14.5. The number of pyridine rings is 1. The topological polar surface area (TPSA) is 102 Å². The number of amides is 1. The van der Waals surface area contributed by atoms with Crippen molar-refractivity contribution < 1.29 is 19.0 Å². The number of halogens is 1. The van der Waals surface area contributed by atoms with Gasteiger partial charge in [0.15, 0.2) is 5.82 Å². The number of hydrogen-bond donors (Lipinski definition) is 2. The van der Waals surface area contributed by atoms with Crippen molar-refractivity contribution in [3.05, 3.63) is 59.7 Å². The summed E-state index contributed by atoms with van der Waals surface area (Å²) in [7, 11) is 1.60. The van der Waals surface area contributed by atoms with Gasteiger partial charge in [-0.2, -0.15) is 9.78 Å². The van der Waals surface area contributed by atoms with Gasteiger partial charge >= 0.3 is 0 Å². The number of ether oxygens (including phenoxy) is 1. The van der Waals surface area contributed by atoms with Crippen LogP contribution in [0.2, 0.25) is 0 Å². The van der Waals surface area contributed by atoms with Gasteiger partial charge in [0.2, 0.25) is 5.88 Å². The van der Waals surface area contributed by atoms with Crippen LogP contribution in [0.4, 0.5) is 4.39 Å². The molecule has 0 atom stereocenters. The van der Waals surface area contributed by atoms with Crippen LogP contribution in [0.25, 0.3) is 16.9 Å². The van der Waals surface area contributed by atoms with E-state index in [1.807, 2.05) is 0 Å². The molecule has 30 heavy (non-hydrogen) atoms. The molecule has 0 saturated carbocycles. The summed E-state index contributed by atoms with van der Waals surface area (Å²) in [6, 6.07) is 7.74. The van der Waals surface area contributed by atoms with Crippen molar-refractivity contribution in [2.45, 2.75) is 13.0 Å². The first-order valence-corrected chi connectivity index (χ1v) is 9.27. The van der Waals surface area contributed by atoms with Gasteiger partial charge in [-0.05, 0) is 36.9 Å². The third-order valence-corrected chi connectivity index (χ3v) is 4.40. The molecular formula is C21H22FN5O3. The van der Waals surface area contributed by atoms with E-state index >= 15 is 0 Å². The lowest BCUT2D eigenvalue weighted by atomic mass is 10.1. The Labute approximate surface area is 173 Å². The average Bonchev–Trinajstić information content (AvgIpc) is 3.12. The van der Waals surface area contributed by atoms with Crippen molar-refractivity contribution in [3.8, 4) is 22.8 Å². The summed E-state index contributed by atoms with van der Waals surface area (Å²) in [5.41, 5.74) is 1.49. The van der Waals surface area contributed by atoms with Crippen molar-refractivity contribution in [1.82, 2.24) is 20.1 Å². The first kappa shape index (κ1) is 21.1. The number of methoxy groups -OCH3 is 1. The summed E-state index contributed by atoms with van der Waals surface area (Å²) in [6.07, 6.45) is 3.45. The smallest absolute Gasteiger partial charge is 0.252 e. The van der Waals surface area contributed by atoms with Crippen molar-refractivity contribution in [1.29, 1.82) is 0 Å². The summed E-state index contributed by atoms with van der Waals surface area (Å²) in [6.45, 7) is 4.75. The Balaban J connectivity index is 1.77. The molecule has 0 fully saturated rings. The molecule has 1 amide bonds. The van der Waals surface area contributed by atoms with Gasteiger partial charge in [-0.1, -0.05) is 12.1 Å². The number of hydrogen-bond acceptors (Lipinski definition) is 6. The van der Waals surface area contributed by atoms with Crippen LogP contribution in [-0.2, 0) is 11.3 Å². The Morgan fingerprint density at radius 1 is 1.30 bits per heavy atom. The van der Waals surface area contributed by atoms with Crippen LogP contribution < -0.4 is 5.32 Å². The third-order valence-electron chi connectivity index (χ3n) is 4.40. The molecule has 0 bridgehead atoms. The van der Waals surface area contributed by atoms with Gasteiger partial charge < -0.3 is 15.2 Å². The molecule has 3 rings (SSSR count). The molecule has 2 heterocycles. The van der Waals surface area contributed by atoms with E-state index < -0.39 is 5.82 Å². The van der Waals surface area contributed by atoms with Crippen LogP contribution in [0.3, 0.4) is 0 Å². The largest absolute Gasteiger partial charge is 0.493 e. The zero-order valence-electron chi connectivity index (χ0n) is 16.5. The summed E-state index contributed by atoms with van der Waals surface area (Å²) >= 11 is 0. The summed E-state index contributed by atoms with van der Waals surface area (Å²) < 4.78 is 20.6. The first-order valence-electron chi connectivity index (χ1n) is 9.27. The summed E-state index contributed by atoms with van der Waals surface area (Å²) in [5, 5.41) is 17.4. The molecule has 0 aliphatic heterocycles. The highest BCUT2D eigenvalue weighted by molar-refractivity contribution is 5.93. The average molecular weight is 411 g/mol. The lowest BCUT2D eigenvalue weighted by Crippen LogP contribution is -2.25. The van der Waals surface area contributed by atoms with E-state index in [4.69, 9.17) is 4.74 Å². The minimum absolute atomic E-state index is 0.207. The number of aromatic nitrogens is 3. The lowest BCUT2D eigenvalue weighted by molar-refractivity contribution is 0.0948. The zero-order valence-corrected chi connectivity index (χ0v) is 16.5. The number of nitrogens with zero attached hydrogens (tertiary/aromatic N) is 4. The number of carbonyl (C=O) groups is 1. The number of carbonyl (C=O) groups excluding carboxylic acids is 1. The maximum absolute atomic E-state index is 14.5. The molecule has 8 nitrogen and oxygen atoms in total. The minimum atomic E-state index is -0.501. The van der Waals surface area contributed by atoms with Crippen LogP contribution in [-0.4, -0.2) is 52.8 Å². The second-order valence-electron chi connectivity index (χ2n) is 6.50. The van der Waals surface area contributed by atoms with Crippen molar-refractivity contribution in [2.24, 2.45) is 4.99 Å². The monoisotopic (exact) mass is 411 g/mol. The van der Waals surface area contributed by atoms with Gasteiger partial charge in [-0.25, -0.2) is 9.37 Å². The maximum Gasteiger partial charge on any atom is 0.252 e. The van der Waals surface area contributed by atoms with E-state index in [9.17, 15) is 14.3 Å². The van der Waals surface area contributed by atoms with Crippen LogP contribution in [0, 0.1) is 5.82 Å². The van der Waals surface area contributed by atoms with E-state index in [0.717, 1.165) is 0 Å². The Kier molecular flexibility index (Phi) is 6.87. The van der Waals surface area contributed by atoms with Crippen LogP contribution in [0.15, 0.2) is 47.7 Å². The van der Waals surface area contributed by atoms with Gasteiger partial charge in [-0.3, -0.25) is 9.79 Å². The molecule has 3 aromatic rings. The van der Waals surface area contributed by atoms with E-state index in [1.54, 1.807) is 31.4 Å². The van der Waals surface area contributed by atoms with Gasteiger partial charge in [-0.15, -0.1) is 0 Å². The molecule has 0 saturated heterocycles. The van der Waals surface area contributed by atoms with Crippen LogP contribution >= 0.6 is 0 Å². The van der Waals surface area contributed by atoms with E-state index in [-0.39, 0.29) is 22.9 Å². The molecule has 0 aliphatic rings. The molecule has 0 aliphatic carbocycles. The number of benzene rings is 1. The highest BCUT2D eigenvalue weighted by Gasteiger charge is 2.17. The predicted molar refractivity (Wildman–Crippen MR) is 110 cm³/mol. The predicted octanol–water partition coefficient (Wildman–Crippen LogP) is 2.75. The lowest BCUT2D eigenvalue weighted by Gasteiger charge is -2.07. The molecule has 0 radical (unpaired) electrons. The van der Waals surface area contributed by atoms with E-state index in [1.165, 1.54) is 23.1 Å². The van der Waals surface area contributed by atoms with Crippen molar-refractivity contribution >= 4 is 12.6 Å². The van der Waals surface area contributed by atoms with Crippen LogP contribution in [0.5, 0.6) is 5.88 Å². The van der Waals surface area contributed by atoms with Crippen LogP contribution in [0.1, 0.15) is 22.3 Å². The van der Waals surface area contributed by atoms with Gasteiger partial charge in [0, 0.05) is 32.0 Å². The fraction of sp³-hybridized carbons (Fsp3) is 0.238. The number of rotatable bonds is 9. The Bertz CT molecular complexity index is 1030. The molecule has 2 aromatic heterocycles. The molecule has 0 spiro atoms. The fourth-order valence-electron chi connectivity index (χ4n) is 2.87. The molecule has 9 heteroatoms. The minimum Gasteiger partial charge on any atom is -0.493 e. The standard InChI is InChI=1S/C21H22FN5O3/c1-23-11-14-4-6-16(18(22)10-14)17-13-26-27(21(17)29)19-7-5-15(12-25-19)20(28)24-8-3-9-30-2/h4-7,10,12-13,29H,1,3,8-9,11H2,2H3,(H,24,28). The number of nitrogens with one attached hydrogen (secondary N) is 1. The van der Waals surface area contributed by atoms with E-state index in [0.29, 0.717) is 43.1 Å². The zero-order chi connectivity index (χ0) is 21.5. The summed E-state index contributed by atoms with van der Waals surface area (Å²) in [4.78, 5) is 20.0. The highest BCUT2D eigenvalue weighted by atomic mass is 19.1. The maximum atomic E-state index is 14.5. The second kappa shape index (κ2) is 9.75.